The summed E-state index contributed by atoms with van der Waals surface area (Å²) in [5, 5.41) is 8.30. The van der Waals surface area contributed by atoms with Gasteiger partial charge >= 0.3 is 0 Å². The summed E-state index contributed by atoms with van der Waals surface area (Å²) in [5.41, 5.74) is 2.21. The molecule has 2 aliphatic heterocycles. The monoisotopic (exact) mass is 630 g/mol. The molecule has 0 radical (unpaired) electrons. The van der Waals surface area contributed by atoms with Crippen LogP contribution in [0.3, 0.4) is 0 Å². The summed E-state index contributed by atoms with van der Waals surface area (Å²) < 4.78 is 31.9. The Balaban J connectivity index is 1.26. The van der Waals surface area contributed by atoms with Gasteiger partial charge in [0.2, 0.25) is 0 Å². The number of nitrogens with zero attached hydrogens (tertiary/aromatic N) is 2. The number of fused-ring (bicyclic) bond motifs is 5. The van der Waals surface area contributed by atoms with Crippen molar-refractivity contribution in [3.05, 3.63) is 105 Å². The Labute approximate surface area is 263 Å². The largest absolute Gasteiger partial charge is 0.493 e. The molecule has 45 heavy (non-hydrogen) atoms. The van der Waals surface area contributed by atoms with Crippen LogP contribution >= 0.6 is 11.3 Å². The average molecular weight is 631 g/mol. The molecule has 1 saturated heterocycles. The van der Waals surface area contributed by atoms with Gasteiger partial charge in [0, 0.05) is 49.5 Å². The smallest absolute Gasteiger partial charge is 0.273 e. The van der Waals surface area contributed by atoms with Crippen LogP contribution in [0.15, 0.2) is 72.1 Å². The van der Waals surface area contributed by atoms with Crippen molar-refractivity contribution in [1.82, 2.24) is 20.5 Å². The molecule has 1 aromatic heterocycles. The first-order valence-electron chi connectivity index (χ1n) is 14.5. The molecular formula is C33H31FN4O6S. The molecular weight excluding hydrogens is 599 g/mol. The summed E-state index contributed by atoms with van der Waals surface area (Å²) in [6.07, 6.45) is 0.422. The highest BCUT2D eigenvalue weighted by atomic mass is 32.1. The van der Waals surface area contributed by atoms with Crippen molar-refractivity contribution in [2.75, 3.05) is 26.8 Å². The standard InChI is InChI=1S/C33H31FN4O6S/c1-42-28-8-7-22-14-29(28)43-18-30(39)35-16-21-11-23(34)15-24(12-21)44-27-9-10-38(17-25(27)37-32(22)40)33(41)26-19-45-31(36-26)13-20-5-3-2-4-6-20/h2-8,11-12,14-15,19,25,27H,9-10,13,16-18H2,1H3,(H,35,39)(H,37,40)/t25-,27+/m0/s1. The Kier molecular flexibility index (Phi) is 8.92. The molecule has 10 nitrogen and oxygen atoms in total. The minimum atomic E-state index is -0.636. The van der Waals surface area contributed by atoms with Gasteiger partial charge in [-0.05, 0) is 41.5 Å². The van der Waals surface area contributed by atoms with Crippen LogP contribution in [0.1, 0.15) is 43.4 Å². The number of likely N-dealkylation sites (tertiary alicyclic amines) is 1. The number of carbonyl (C=O) groups excluding carboxylic acids is 3. The van der Waals surface area contributed by atoms with Crippen molar-refractivity contribution in [2.45, 2.75) is 31.5 Å². The Morgan fingerprint density at radius 2 is 1.98 bits per heavy atom. The topological polar surface area (TPSA) is 119 Å². The number of hydrogen-bond acceptors (Lipinski definition) is 8. The first-order chi connectivity index (χ1) is 21.8. The van der Waals surface area contributed by atoms with Crippen LogP contribution in [0, 0.1) is 5.82 Å². The van der Waals surface area contributed by atoms with Gasteiger partial charge in [0.15, 0.2) is 18.1 Å². The van der Waals surface area contributed by atoms with Crippen LogP contribution in [0.2, 0.25) is 0 Å². The maximum atomic E-state index is 14.6. The van der Waals surface area contributed by atoms with Gasteiger partial charge in [-0.15, -0.1) is 11.3 Å². The lowest BCUT2D eigenvalue weighted by Crippen LogP contribution is -2.58. The van der Waals surface area contributed by atoms with Crippen molar-refractivity contribution in [2.24, 2.45) is 0 Å². The number of hydrogen-bond donors (Lipinski definition) is 2. The van der Waals surface area contributed by atoms with E-state index in [-0.39, 0.29) is 42.7 Å². The SMILES string of the molecule is COc1ccc2cc1OCC(=O)NCc1cc(F)cc(c1)O[C@@H]1CCN(C(=O)c3csc(Cc4ccccc4)n3)C[C@@H]1NC2=O. The Morgan fingerprint density at radius 3 is 2.80 bits per heavy atom. The van der Waals surface area contributed by atoms with Gasteiger partial charge in [-0.2, -0.15) is 0 Å². The third-order valence-electron chi connectivity index (χ3n) is 7.61. The zero-order valence-electron chi connectivity index (χ0n) is 24.5. The molecule has 4 aromatic rings. The fourth-order valence-electron chi connectivity index (χ4n) is 5.36. The van der Waals surface area contributed by atoms with E-state index < -0.39 is 29.8 Å². The fraction of sp³-hybridized carbons (Fsp3) is 0.273. The molecule has 3 amide bonds. The van der Waals surface area contributed by atoms with Crippen LogP contribution in [-0.4, -0.2) is 66.6 Å². The Bertz CT molecular complexity index is 1710. The van der Waals surface area contributed by atoms with Gasteiger partial charge in [0.25, 0.3) is 17.7 Å². The van der Waals surface area contributed by atoms with Crippen LogP contribution in [0.5, 0.6) is 17.2 Å². The van der Waals surface area contributed by atoms with Gasteiger partial charge in [-0.1, -0.05) is 30.3 Å². The number of nitrogens with one attached hydrogen (secondary N) is 2. The lowest BCUT2D eigenvalue weighted by atomic mass is 10.0. The van der Waals surface area contributed by atoms with Crippen LogP contribution in [0.25, 0.3) is 0 Å². The van der Waals surface area contributed by atoms with E-state index in [1.807, 2.05) is 30.3 Å². The summed E-state index contributed by atoms with van der Waals surface area (Å²) in [5.74, 6) is -0.834. The van der Waals surface area contributed by atoms with Crippen LogP contribution in [0.4, 0.5) is 4.39 Å². The van der Waals surface area contributed by atoms with E-state index in [9.17, 15) is 18.8 Å². The van der Waals surface area contributed by atoms with Crippen molar-refractivity contribution in [3.63, 3.8) is 0 Å². The summed E-state index contributed by atoms with van der Waals surface area (Å²) in [4.78, 5) is 45.8. The minimum Gasteiger partial charge on any atom is -0.493 e. The van der Waals surface area contributed by atoms with Crippen molar-refractivity contribution >= 4 is 29.1 Å². The summed E-state index contributed by atoms with van der Waals surface area (Å²) in [6, 6.07) is 18.1. The van der Waals surface area contributed by atoms with Crippen molar-refractivity contribution < 1.29 is 33.0 Å². The van der Waals surface area contributed by atoms with Gasteiger partial charge < -0.3 is 29.7 Å². The lowest BCUT2D eigenvalue weighted by Gasteiger charge is -2.38. The second-order valence-corrected chi connectivity index (χ2v) is 11.7. The second-order valence-electron chi connectivity index (χ2n) is 10.8. The number of amides is 3. The van der Waals surface area contributed by atoms with E-state index in [0.717, 1.165) is 10.6 Å². The molecule has 0 unspecified atom stereocenters. The molecule has 3 aromatic carbocycles. The van der Waals surface area contributed by atoms with Gasteiger partial charge in [-0.25, -0.2) is 9.37 Å². The number of halogens is 1. The van der Waals surface area contributed by atoms with E-state index in [0.29, 0.717) is 36.4 Å². The molecule has 0 aliphatic carbocycles. The average Bonchev–Trinajstić information content (AvgIpc) is 3.51. The molecule has 4 bridgehead atoms. The first kappa shape index (κ1) is 30.1. The Morgan fingerprint density at radius 1 is 1.13 bits per heavy atom. The molecule has 0 saturated carbocycles. The molecule has 3 heterocycles. The van der Waals surface area contributed by atoms with E-state index in [2.05, 4.69) is 15.6 Å². The quantitative estimate of drug-likeness (QED) is 0.350. The lowest BCUT2D eigenvalue weighted by molar-refractivity contribution is -0.123. The number of piperidine rings is 1. The molecule has 0 spiro atoms. The Hall–Kier alpha value is -4.97. The normalized spacial score (nSPS) is 18.5. The zero-order chi connectivity index (χ0) is 31.3. The number of benzene rings is 3. The molecule has 2 N–H and O–H groups in total. The second kappa shape index (κ2) is 13.3. The molecule has 1 fully saturated rings. The van der Waals surface area contributed by atoms with Gasteiger partial charge in [0.05, 0.1) is 18.2 Å². The number of thiazole rings is 1. The molecule has 12 heteroatoms. The van der Waals surface area contributed by atoms with Crippen LogP contribution in [-0.2, 0) is 17.8 Å². The number of carbonyl (C=O) groups is 3. The highest BCUT2D eigenvalue weighted by molar-refractivity contribution is 7.09. The van der Waals surface area contributed by atoms with Crippen LogP contribution < -0.4 is 24.8 Å². The van der Waals surface area contributed by atoms with Crippen molar-refractivity contribution in [1.29, 1.82) is 0 Å². The maximum Gasteiger partial charge on any atom is 0.273 e. The summed E-state index contributed by atoms with van der Waals surface area (Å²) in [6.45, 7) is 0.213. The van der Waals surface area contributed by atoms with Gasteiger partial charge in [-0.3, -0.25) is 14.4 Å². The molecule has 232 valence electrons. The van der Waals surface area contributed by atoms with E-state index in [1.165, 1.54) is 36.6 Å². The summed E-state index contributed by atoms with van der Waals surface area (Å²) >= 11 is 1.43. The predicted molar refractivity (Wildman–Crippen MR) is 164 cm³/mol. The third kappa shape index (κ3) is 7.23. The summed E-state index contributed by atoms with van der Waals surface area (Å²) in [7, 11) is 1.46. The molecule has 2 aliphatic rings. The highest BCUT2D eigenvalue weighted by Crippen LogP contribution is 2.29. The molecule has 2 atom stereocenters. The maximum absolute atomic E-state index is 14.6. The first-order valence-corrected chi connectivity index (χ1v) is 15.3. The number of aromatic nitrogens is 1. The van der Waals surface area contributed by atoms with Gasteiger partial charge in [0.1, 0.15) is 23.4 Å². The zero-order valence-corrected chi connectivity index (χ0v) is 25.3. The number of methoxy groups -OCH3 is 1. The predicted octanol–water partition coefficient (Wildman–Crippen LogP) is 3.98. The highest BCUT2D eigenvalue weighted by Gasteiger charge is 2.35. The van der Waals surface area contributed by atoms with E-state index >= 15 is 0 Å². The fourth-order valence-corrected chi connectivity index (χ4v) is 6.16. The third-order valence-corrected chi connectivity index (χ3v) is 8.46. The van der Waals surface area contributed by atoms with E-state index in [4.69, 9.17) is 14.2 Å². The van der Waals surface area contributed by atoms with Crippen molar-refractivity contribution in [3.8, 4) is 17.2 Å². The number of ether oxygens (including phenoxy) is 3. The minimum absolute atomic E-state index is 0.0561. The number of rotatable bonds is 4. The van der Waals surface area contributed by atoms with E-state index in [1.54, 1.807) is 28.5 Å². The molecule has 6 rings (SSSR count).